The van der Waals surface area contributed by atoms with Crippen molar-refractivity contribution < 1.29 is 37.3 Å². The SMILES string of the molecule is COCC(F)(F)O[C@@H]1[C@H](C)[C@@H](COC(=O)C(C)C)O[C@H]1n1cnc2c(=O)[nH]c(NC(=O)C(C)C)nc21. The van der Waals surface area contributed by atoms with Crippen molar-refractivity contribution in [3.05, 3.63) is 16.7 Å². The number of aromatic nitrogens is 4. The molecular weight excluding hydrogens is 484 g/mol. The van der Waals surface area contributed by atoms with E-state index in [0.717, 1.165) is 7.11 Å². The number of amides is 1. The van der Waals surface area contributed by atoms with Gasteiger partial charge in [-0.2, -0.15) is 13.8 Å². The summed E-state index contributed by atoms with van der Waals surface area (Å²) in [7, 11) is 1.12. The number of hydrogen-bond donors (Lipinski definition) is 2. The molecule has 14 heteroatoms. The summed E-state index contributed by atoms with van der Waals surface area (Å²) in [5.41, 5.74) is -0.752. The number of fused-ring (bicyclic) bond motifs is 1. The highest BCUT2D eigenvalue weighted by molar-refractivity contribution is 5.91. The van der Waals surface area contributed by atoms with Crippen molar-refractivity contribution in [2.24, 2.45) is 17.8 Å². The Bertz CT molecular complexity index is 1150. The molecule has 1 aliphatic heterocycles. The predicted molar refractivity (Wildman–Crippen MR) is 122 cm³/mol. The molecule has 0 spiro atoms. The molecule has 2 aromatic rings. The molecule has 0 saturated carbocycles. The Kier molecular flexibility index (Phi) is 8.41. The van der Waals surface area contributed by atoms with E-state index in [0.29, 0.717) is 0 Å². The summed E-state index contributed by atoms with van der Waals surface area (Å²) < 4.78 is 51.1. The van der Waals surface area contributed by atoms with E-state index in [4.69, 9.17) is 14.2 Å². The lowest BCUT2D eigenvalue weighted by Crippen LogP contribution is -2.38. The molecule has 1 aliphatic rings. The Hall–Kier alpha value is -2.97. The lowest BCUT2D eigenvalue weighted by atomic mass is 10.0. The van der Waals surface area contributed by atoms with Gasteiger partial charge in [0, 0.05) is 18.9 Å². The van der Waals surface area contributed by atoms with Gasteiger partial charge in [-0.1, -0.05) is 34.6 Å². The molecule has 0 aromatic carbocycles. The number of imidazole rings is 1. The van der Waals surface area contributed by atoms with Crippen LogP contribution >= 0.6 is 0 Å². The molecule has 3 rings (SSSR count). The lowest BCUT2D eigenvalue weighted by Gasteiger charge is -2.27. The summed E-state index contributed by atoms with van der Waals surface area (Å²) in [4.78, 5) is 47.3. The van der Waals surface area contributed by atoms with Crippen LogP contribution in [-0.4, -0.2) is 70.0 Å². The zero-order chi connectivity index (χ0) is 26.8. The van der Waals surface area contributed by atoms with Crippen LogP contribution in [0.5, 0.6) is 0 Å². The molecule has 3 heterocycles. The van der Waals surface area contributed by atoms with Crippen LogP contribution in [0.3, 0.4) is 0 Å². The number of H-pyrrole nitrogens is 1. The van der Waals surface area contributed by atoms with Gasteiger partial charge in [0.25, 0.3) is 5.56 Å². The van der Waals surface area contributed by atoms with E-state index in [2.05, 4.69) is 25.0 Å². The standard InChI is InChI=1S/C22H31F2N5O7/c1-10(2)17(30)27-21-26-16-14(18(31)28-21)25-9-29(16)19-15(36-22(23,24)8-33-6)12(5)13(35-19)7-34-20(32)11(3)4/h9-13,15,19H,7-8H2,1-6H3,(H2,26,27,28,30,31)/t12-,13-,15-,19-/m1/s1. The van der Waals surface area contributed by atoms with Crippen LogP contribution in [0.25, 0.3) is 11.2 Å². The number of carbonyl (C=O) groups is 2. The number of ether oxygens (including phenoxy) is 4. The maximum Gasteiger partial charge on any atom is 0.379 e. The average molecular weight is 516 g/mol. The fourth-order valence-electron chi connectivity index (χ4n) is 3.60. The highest BCUT2D eigenvalue weighted by Crippen LogP contribution is 2.40. The van der Waals surface area contributed by atoms with E-state index in [1.807, 2.05) is 0 Å². The molecule has 0 bridgehead atoms. The smallest absolute Gasteiger partial charge is 0.379 e. The summed E-state index contributed by atoms with van der Waals surface area (Å²) in [6, 6.07) is 0. The van der Waals surface area contributed by atoms with Crippen molar-refractivity contribution in [3.63, 3.8) is 0 Å². The van der Waals surface area contributed by atoms with E-state index in [1.54, 1.807) is 34.6 Å². The van der Waals surface area contributed by atoms with Gasteiger partial charge in [0.2, 0.25) is 11.9 Å². The molecule has 2 N–H and O–H groups in total. The molecule has 0 aliphatic carbocycles. The zero-order valence-electron chi connectivity index (χ0n) is 20.9. The van der Waals surface area contributed by atoms with Gasteiger partial charge in [0.15, 0.2) is 17.4 Å². The highest BCUT2D eigenvalue weighted by atomic mass is 19.3. The number of esters is 1. The van der Waals surface area contributed by atoms with Crippen molar-refractivity contribution >= 4 is 29.0 Å². The van der Waals surface area contributed by atoms with Crippen molar-refractivity contribution in [1.82, 2.24) is 19.5 Å². The topological polar surface area (TPSA) is 147 Å². The molecule has 0 radical (unpaired) electrons. The van der Waals surface area contributed by atoms with Crippen LogP contribution in [0.15, 0.2) is 11.1 Å². The second-order valence-electron chi connectivity index (χ2n) is 9.24. The second-order valence-corrected chi connectivity index (χ2v) is 9.24. The lowest BCUT2D eigenvalue weighted by molar-refractivity contribution is -0.296. The van der Waals surface area contributed by atoms with Gasteiger partial charge in [-0.25, -0.2) is 4.98 Å². The fourth-order valence-corrected chi connectivity index (χ4v) is 3.60. The van der Waals surface area contributed by atoms with Crippen LogP contribution in [0.4, 0.5) is 14.7 Å². The first-order chi connectivity index (χ1) is 16.8. The van der Waals surface area contributed by atoms with Gasteiger partial charge >= 0.3 is 12.1 Å². The summed E-state index contributed by atoms with van der Waals surface area (Å²) in [6.07, 6.45) is -5.72. The minimum absolute atomic E-state index is 0.0153. The number of aromatic amines is 1. The second kappa shape index (κ2) is 11.0. The normalized spacial score (nSPS) is 22.5. The average Bonchev–Trinajstić information content (AvgIpc) is 3.33. The minimum atomic E-state index is -3.66. The Labute approximate surface area is 205 Å². The number of nitrogens with zero attached hydrogens (tertiary/aromatic N) is 3. The van der Waals surface area contributed by atoms with Gasteiger partial charge in [0.1, 0.15) is 19.3 Å². The maximum atomic E-state index is 14.4. The number of alkyl halides is 2. The molecule has 36 heavy (non-hydrogen) atoms. The van der Waals surface area contributed by atoms with E-state index in [1.165, 1.54) is 10.9 Å². The minimum Gasteiger partial charge on any atom is -0.463 e. The Morgan fingerprint density at radius 1 is 1.28 bits per heavy atom. The van der Waals surface area contributed by atoms with Crippen LogP contribution in [0.1, 0.15) is 40.8 Å². The van der Waals surface area contributed by atoms with Gasteiger partial charge in [0.05, 0.1) is 18.3 Å². The van der Waals surface area contributed by atoms with E-state index >= 15 is 0 Å². The number of carbonyl (C=O) groups excluding carboxylic acids is 2. The van der Waals surface area contributed by atoms with E-state index < -0.39 is 48.6 Å². The molecule has 1 fully saturated rings. The summed E-state index contributed by atoms with van der Waals surface area (Å²) >= 11 is 0. The number of methoxy groups -OCH3 is 1. The first kappa shape index (κ1) is 27.6. The first-order valence-electron chi connectivity index (χ1n) is 11.5. The first-order valence-corrected chi connectivity index (χ1v) is 11.5. The molecular formula is C22H31F2N5O7. The van der Waals surface area contributed by atoms with E-state index in [-0.39, 0.29) is 41.5 Å². The third-order valence-electron chi connectivity index (χ3n) is 5.65. The predicted octanol–water partition coefficient (Wildman–Crippen LogP) is 2.07. The van der Waals surface area contributed by atoms with E-state index in [9.17, 15) is 23.2 Å². The summed E-state index contributed by atoms with van der Waals surface area (Å²) in [5, 5.41) is 2.50. The Morgan fingerprint density at radius 2 is 1.97 bits per heavy atom. The Morgan fingerprint density at radius 3 is 2.58 bits per heavy atom. The zero-order valence-corrected chi connectivity index (χ0v) is 20.9. The Balaban J connectivity index is 1.99. The van der Waals surface area contributed by atoms with Crippen molar-refractivity contribution in [1.29, 1.82) is 0 Å². The number of halogens is 2. The van der Waals surface area contributed by atoms with Gasteiger partial charge in [-0.15, -0.1) is 0 Å². The molecule has 2 aromatic heterocycles. The monoisotopic (exact) mass is 515 g/mol. The molecule has 4 atom stereocenters. The highest BCUT2D eigenvalue weighted by Gasteiger charge is 2.49. The van der Waals surface area contributed by atoms with Crippen molar-refractivity contribution in [2.45, 2.75) is 59.2 Å². The van der Waals surface area contributed by atoms with Gasteiger partial charge in [-0.05, 0) is 0 Å². The maximum absolute atomic E-state index is 14.4. The molecule has 12 nitrogen and oxygen atoms in total. The molecule has 1 saturated heterocycles. The number of nitrogens with one attached hydrogen (secondary N) is 2. The molecule has 1 amide bonds. The van der Waals surface area contributed by atoms with Gasteiger partial charge < -0.3 is 18.9 Å². The number of hydrogen-bond acceptors (Lipinski definition) is 9. The number of anilines is 1. The van der Waals surface area contributed by atoms with Crippen LogP contribution < -0.4 is 10.9 Å². The summed E-state index contributed by atoms with van der Waals surface area (Å²) in [5.74, 6) is -2.43. The third-order valence-corrected chi connectivity index (χ3v) is 5.65. The largest absolute Gasteiger partial charge is 0.463 e. The number of rotatable bonds is 10. The summed E-state index contributed by atoms with van der Waals surface area (Å²) in [6.45, 7) is 7.09. The van der Waals surface area contributed by atoms with Crippen LogP contribution in [0.2, 0.25) is 0 Å². The van der Waals surface area contributed by atoms with Crippen LogP contribution in [-0.2, 0) is 28.5 Å². The van der Waals surface area contributed by atoms with Gasteiger partial charge in [-0.3, -0.25) is 29.3 Å². The van der Waals surface area contributed by atoms with Crippen molar-refractivity contribution in [2.75, 3.05) is 25.6 Å². The molecule has 0 unspecified atom stereocenters. The fraction of sp³-hybridized carbons (Fsp3) is 0.682. The van der Waals surface area contributed by atoms with Crippen LogP contribution in [0, 0.1) is 17.8 Å². The quantitative estimate of drug-likeness (QED) is 0.454. The third kappa shape index (κ3) is 6.05. The van der Waals surface area contributed by atoms with Crippen molar-refractivity contribution in [3.8, 4) is 0 Å². The molecule has 200 valence electrons.